The Labute approximate surface area is 342 Å². The number of carbonyl (C=O) groups is 3. The third-order valence-corrected chi connectivity index (χ3v) is 18.8. The molecule has 0 radical (unpaired) electrons. The second-order valence-electron chi connectivity index (χ2n) is 22.4. The number of allylic oxidation sites excluding steroid dienone is 2. The zero-order valence-electron chi connectivity index (χ0n) is 35.8. The topological polar surface area (TPSA) is 104 Å². The Morgan fingerprint density at radius 1 is 0.860 bits per heavy atom. The van der Waals surface area contributed by atoms with Gasteiger partial charge in [-0.1, -0.05) is 63.8 Å². The van der Waals surface area contributed by atoms with Gasteiger partial charge in [-0.2, -0.15) is 0 Å². The lowest BCUT2D eigenvalue weighted by Gasteiger charge is -2.58. The second kappa shape index (κ2) is 14.0. The van der Waals surface area contributed by atoms with Gasteiger partial charge >= 0.3 is 5.97 Å². The summed E-state index contributed by atoms with van der Waals surface area (Å²) in [7, 11) is 0. The molecule has 11 rings (SSSR count). The van der Waals surface area contributed by atoms with Crippen molar-refractivity contribution < 1.29 is 29.3 Å². The lowest BCUT2D eigenvalue weighted by Crippen LogP contribution is -2.63. The average molecular weight is 782 g/mol. The van der Waals surface area contributed by atoms with Gasteiger partial charge in [0.15, 0.2) is 11.4 Å². The molecule has 0 spiro atoms. The highest BCUT2D eigenvalue weighted by molar-refractivity contribution is 6.00. The van der Waals surface area contributed by atoms with E-state index in [9.17, 15) is 19.8 Å². The van der Waals surface area contributed by atoms with E-state index in [1.54, 1.807) is 0 Å². The van der Waals surface area contributed by atoms with Crippen molar-refractivity contribution in [3.05, 3.63) is 46.5 Å². The number of amides is 1. The molecule has 8 fully saturated rings. The van der Waals surface area contributed by atoms with Crippen LogP contribution in [-0.2, 0) is 20.7 Å². The molecule has 8 bridgehead atoms. The standard InChI is InChI=1S/C50H71NO6/c1-32-10-9-18-46(4)41(39-16-14-33(25-38(52)15-13-32)26-40(39)42(53)37-11-7-6-8-12-37)17-19-49(46,56)31-51(30-48-27-34-22-35(28-48)24-36(23-34)29-48)43(54)50-21-20-47(5,44(55)57-50)45(50,2)3/h10,14,16,26,34-38,41,52,56H,6-9,11-13,15,17-25,27-31H2,1-5H3. The molecule has 1 saturated heterocycles. The van der Waals surface area contributed by atoms with Gasteiger partial charge in [0.05, 0.1) is 23.7 Å². The number of hydrogen-bond donors (Lipinski definition) is 2. The van der Waals surface area contributed by atoms with Crippen molar-refractivity contribution >= 4 is 17.7 Å². The Morgan fingerprint density at radius 2 is 1.54 bits per heavy atom. The maximum absolute atomic E-state index is 15.7. The molecule has 312 valence electrons. The van der Waals surface area contributed by atoms with E-state index in [2.05, 4.69) is 56.9 Å². The molecule has 1 amide bonds. The molecule has 1 aromatic carbocycles. The first-order chi connectivity index (χ1) is 27.0. The molecule has 7 nitrogen and oxygen atoms in total. The van der Waals surface area contributed by atoms with E-state index in [0.717, 1.165) is 105 Å². The summed E-state index contributed by atoms with van der Waals surface area (Å²) in [6, 6.07) is 6.38. The third-order valence-electron chi connectivity index (χ3n) is 18.8. The number of Topliss-reactive ketones (excluding diaryl/α,β-unsaturated/α-hetero) is 1. The largest absolute Gasteiger partial charge is 0.448 e. The summed E-state index contributed by atoms with van der Waals surface area (Å²) in [6.45, 7) is 11.3. The van der Waals surface area contributed by atoms with Crippen LogP contribution in [0.25, 0.3) is 0 Å². The smallest absolute Gasteiger partial charge is 0.313 e. The minimum Gasteiger partial charge on any atom is -0.448 e. The van der Waals surface area contributed by atoms with Crippen LogP contribution >= 0.6 is 0 Å². The van der Waals surface area contributed by atoms with Crippen molar-refractivity contribution in [2.75, 3.05) is 13.1 Å². The van der Waals surface area contributed by atoms with E-state index >= 15 is 4.79 Å². The molecular weight excluding hydrogens is 711 g/mol. The first-order valence-electron chi connectivity index (χ1n) is 23.3. The van der Waals surface area contributed by atoms with Crippen LogP contribution in [-0.4, -0.2) is 63.2 Å². The van der Waals surface area contributed by atoms with E-state index < -0.39 is 33.6 Å². The van der Waals surface area contributed by atoms with Gasteiger partial charge < -0.3 is 19.8 Å². The molecule has 9 aliphatic carbocycles. The Bertz CT molecular complexity index is 1790. The van der Waals surface area contributed by atoms with Crippen molar-refractivity contribution in [1.29, 1.82) is 0 Å². The van der Waals surface area contributed by atoms with Crippen LogP contribution in [0.3, 0.4) is 0 Å². The summed E-state index contributed by atoms with van der Waals surface area (Å²) in [5.74, 6) is 1.97. The molecule has 10 aliphatic rings. The van der Waals surface area contributed by atoms with Crippen molar-refractivity contribution in [3.63, 3.8) is 0 Å². The number of aliphatic hydroxyl groups is 2. The summed E-state index contributed by atoms with van der Waals surface area (Å²) in [6.07, 6.45) is 20.3. The fourth-order valence-corrected chi connectivity index (χ4v) is 15.2. The average Bonchev–Trinajstić information content (AvgIpc) is 3.60. The van der Waals surface area contributed by atoms with Crippen LogP contribution in [0.4, 0.5) is 0 Å². The first kappa shape index (κ1) is 39.9. The van der Waals surface area contributed by atoms with E-state index in [-0.39, 0.29) is 41.5 Å². The van der Waals surface area contributed by atoms with Crippen molar-refractivity contribution in [2.45, 2.75) is 186 Å². The van der Waals surface area contributed by atoms with E-state index in [0.29, 0.717) is 38.6 Å². The molecule has 1 aromatic rings. The molecular formula is C50H71NO6. The molecule has 1 aliphatic heterocycles. The Morgan fingerprint density at radius 3 is 2.18 bits per heavy atom. The van der Waals surface area contributed by atoms with Gasteiger partial charge in [-0.3, -0.25) is 14.4 Å². The number of carbonyl (C=O) groups excluding carboxylic acids is 3. The second-order valence-corrected chi connectivity index (χ2v) is 22.4. The monoisotopic (exact) mass is 782 g/mol. The summed E-state index contributed by atoms with van der Waals surface area (Å²) < 4.78 is 6.33. The highest BCUT2D eigenvalue weighted by Crippen LogP contribution is 2.67. The predicted molar refractivity (Wildman–Crippen MR) is 221 cm³/mol. The number of esters is 1. The number of ether oxygens (including phenoxy) is 1. The van der Waals surface area contributed by atoms with Crippen LogP contribution in [0, 0.1) is 45.3 Å². The zero-order valence-corrected chi connectivity index (χ0v) is 35.8. The molecule has 57 heavy (non-hydrogen) atoms. The SMILES string of the molecule is CC1=CCCC2(C)C(CCC2(O)CN(CC23CC4CC(CC(C4)C2)C3)C(=O)C23CCC(C)(C(=O)O2)C3(C)C)c2ccc(cc2C(=O)C2CCCCC2)CC(O)CC1. The lowest BCUT2D eigenvalue weighted by atomic mass is 9.49. The number of rotatable bonds is 7. The summed E-state index contributed by atoms with van der Waals surface area (Å²) >= 11 is 0. The van der Waals surface area contributed by atoms with Crippen molar-refractivity contribution in [1.82, 2.24) is 4.90 Å². The van der Waals surface area contributed by atoms with Crippen LogP contribution in [0.15, 0.2) is 29.8 Å². The van der Waals surface area contributed by atoms with Crippen LogP contribution in [0.2, 0.25) is 0 Å². The minimum atomic E-state index is -1.24. The zero-order chi connectivity index (χ0) is 40.2. The number of benzene rings is 1. The summed E-state index contributed by atoms with van der Waals surface area (Å²) in [4.78, 5) is 46.0. The van der Waals surface area contributed by atoms with E-state index in [4.69, 9.17) is 4.74 Å². The van der Waals surface area contributed by atoms with Gasteiger partial charge in [0, 0.05) is 28.9 Å². The molecule has 0 aromatic heterocycles. The Kier molecular flexibility index (Phi) is 9.83. The van der Waals surface area contributed by atoms with Gasteiger partial charge in [0.25, 0.3) is 5.91 Å². The van der Waals surface area contributed by atoms with Crippen molar-refractivity contribution in [2.24, 2.45) is 45.3 Å². The number of hydrogen-bond acceptors (Lipinski definition) is 6. The minimum absolute atomic E-state index is 0.0101. The quantitative estimate of drug-likeness (QED) is 0.162. The first-order valence-corrected chi connectivity index (χ1v) is 23.3. The van der Waals surface area contributed by atoms with Gasteiger partial charge in [-0.05, 0) is 169 Å². The maximum atomic E-state index is 15.7. The number of aliphatic hydroxyl groups excluding tert-OH is 1. The molecule has 6 atom stereocenters. The molecule has 7 heteroatoms. The highest BCUT2D eigenvalue weighted by atomic mass is 16.6. The van der Waals surface area contributed by atoms with Gasteiger partial charge in [-0.15, -0.1) is 0 Å². The third kappa shape index (κ3) is 6.26. The molecule has 1 heterocycles. The van der Waals surface area contributed by atoms with E-state index in [1.165, 1.54) is 31.3 Å². The van der Waals surface area contributed by atoms with Crippen LogP contribution in [0.5, 0.6) is 0 Å². The number of fused-ring (bicyclic) bond motifs is 10. The van der Waals surface area contributed by atoms with Crippen LogP contribution < -0.4 is 0 Å². The van der Waals surface area contributed by atoms with Gasteiger partial charge in [0.1, 0.15) is 0 Å². The molecule has 6 unspecified atom stereocenters. The predicted octanol–water partition coefficient (Wildman–Crippen LogP) is 9.65. The Balaban J connectivity index is 1.12. The van der Waals surface area contributed by atoms with Gasteiger partial charge in [-0.25, -0.2) is 0 Å². The van der Waals surface area contributed by atoms with Crippen LogP contribution in [0.1, 0.15) is 184 Å². The highest BCUT2D eigenvalue weighted by Gasteiger charge is 2.76. The lowest BCUT2D eigenvalue weighted by molar-refractivity contribution is -0.181. The van der Waals surface area contributed by atoms with Gasteiger partial charge in [0.2, 0.25) is 0 Å². The summed E-state index contributed by atoms with van der Waals surface area (Å²) in [5, 5.41) is 24.7. The number of nitrogens with zero attached hydrogens (tertiary/aromatic N) is 1. The van der Waals surface area contributed by atoms with E-state index in [1.807, 2.05) is 6.92 Å². The normalized spacial score (nSPS) is 42.4. The van der Waals surface area contributed by atoms with Crippen molar-refractivity contribution in [3.8, 4) is 0 Å². The number of ketones is 1. The Hall–Kier alpha value is -2.51. The fraction of sp³-hybridized carbons (Fsp3) is 0.780. The summed E-state index contributed by atoms with van der Waals surface area (Å²) in [5.41, 5.74) is -0.362. The maximum Gasteiger partial charge on any atom is 0.313 e. The molecule has 7 saturated carbocycles. The molecule has 2 N–H and O–H groups in total. The fourth-order valence-electron chi connectivity index (χ4n) is 15.2.